The number of anilines is 2. The second-order valence-electron chi connectivity index (χ2n) is 11.2. The van der Waals surface area contributed by atoms with Crippen LogP contribution in [-0.4, -0.2) is 65.9 Å². The summed E-state index contributed by atoms with van der Waals surface area (Å²) in [5, 5.41) is 8.35. The van der Waals surface area contributed by atoms with Gasteiger partial charge in [0.05, 0.1) is 26.7 Å². The molecule has 0 bridgehead atoms. The molecule has 0 aliphatic carbocycles. The van der Waals surface area contributed by atoms with Crippen LogP contribution in [0, 0.1) is 11.6 Å². The van der Waals surface area contributed by atoms with Gasteiger partial charge in [0.15, 0.2) is 21.7 Å². The molecule has 5 N–H and O–H groups in total. The minimum absolute atomic E-state index is 0.00408. The predicted molar refractivity (Wildman–Crippen MR) is 183 cm³/mol. The van der Waals surface area contributed by atoms with Gasteiger partial charge in [0.2, 0.25) is 17.7 Å². The molecule has 2 atom stereocenters. The molecule has 0 aliphatic heterocycles. The van der Waals surface area contributed by atoms with Gasteiger partial charge < -0.3 is 31.2 Å². The minimum atomic E-state index is -0.885. The number of thiazole rings is 2. The third-order valence-electron chi connectivity index (χ3n) is 6.70. The second kappa shape index (κ2) is 19.0. The molecule has 0 saturated carbocycles. The van der Waals surface area contributed by atoms with Crippen molar-refractivity contribution in [1.29, 1.82) is 0 Å². The lowest BCUT2D eigenvalue weighted by atomic mass is 10.1. The first-order chi connectivity index (χ1) is 23.0. The Morgan fingerprint density at radius 3 is 1.61 bits per heavy atom. The molecule has 0 radical (unpaired) electrons. The molecule has 0 spiro atoms. The SMILES string of the molecule is CC[C@H](N)C(=O)Nc1nc(C(=O)OC)c(C(C)C)s1.CC[C@H](NC(=O)Cc1cc(F)cc(F)c1)C(=O)Nc1nc(C(=O)OC)c(C(C)C)s1. The van der Waals surface area contributed by atoms with Gasteiger partial charge in [0.1, 0.15) is 17.7 Å². The summed E-state index contributed by atoms with van der Waals surface area (Å²) in [6, 6.07) is 1.37. The van der Waals surface area contributed by atoms with Gasteiger partial charge in [-0.2, -0.15) is 0 Å². The molecule has 1 aromatic carbocycles. The monoisotopic (exact) mass is 724 g/mol. The largest absolute Gasteiger partial charge is 0.464 e. The first-order valence-corrected chi connectivity index (χ1v) is 17.0. The van der Waals surface area contributed by atoms with E-state index in [9.17, 15) is 32.8 Å². The average Bonchev–Trinajstić information content (AvgIpc) is 3.67. The zero-order valence-electron chi connectivity index (χ0n) is 28.6. The lowest BCUT2D eigenvalue weighted by molar-refractivity contribution is -0.126. The number of benzene rings is 1. The van der Waals surface area contributed by atoms with E-state index in [2.05, 4.69) is 30.7 Å². The summed E-state index contributed by atoms with van der Waals surface area (Å²) in [6.45, 7) is 11.2. The highest BCUT2D eigenvalue weighted by Gasteiger charge is 2.25. The van der Waals surface area contributed by atoms with Crippen LogP contribution in [0.25, 0.3) is 0 Å². The molecule has 3 aromatic rings. The maximum absolute atomic E-state index is 13.3. The van der Waals surface area contributed by atoms with Gasteiger partial charge in [0.25, 0.3) is 0 Å². The van der Waals surface area contributed by atoms with E-state index in [0.717, 1.165) is 28.3 Å². The highest BCUT2D eigenvalue weighted by atomic mass is 32.1. The van der Waals surface area contributed by atoms with Gasteiger partial charge in [-0.3, -0.25) is 14.4 Å². The molecule has 17 heteroatoms. The zero-order valence-corrected chi connectivity index (χ0v) is 30.2. The van der Waals surface area contributed by atoms with Crippen molar-refractivity contribution in [2.75, 3.05) is 24.9 Å². The van der Waals surface area contributed by atoms with Crippen LogP contribution < -0.4 is 21.7 Å². The number of esters is 2. The van der Waals surface area contributed by atoms with Gasteiger partial charge in [-0.15, -0.1) is 22.7 Å². The van der Waals surface area contributed by atoms with Crippen molar-refractivity contribution < 1.29 is 42.2 Å². The Hall–Kier alpha value is -4.35. The Morgan fingerprint density at radius 2 is 1.22 bits per heavy atom. The van der Waals surface area contributed by atoms with Crippen LogP contribution in [-0.2, 0) is 30.3 Å². The predicted octanol–water partition coefficient (Wildman–Crippen LogP) is 5.14. The fourth-order valence-corrected chi connectivity index (χ4v) is 6.03. The number of carbonyl (C=O) groups is 5. The molecule has 3 rings (SSSR count). The van der Waals surface area contributed by atoms with E-state index in [1.54, 1.807) is 6.92 Å². The standard InChI is InChI=1S/C20H23F2N3O4S.C12H19N3O3S/c1-5-14(23-15(26)8-11-6-12(21)9-13(22)7-11)18(27)25-20-24-16(19(28)29-4)17(30-20)10(2)3;1-5-7(13)10(16)15-12-14-8(11(17)18-4)9(19-12)6(2)3/h6-7,9-10,14H,5,8H2,1-4H3,(H,23,26)(H,24,25,27);6-7H,5,13H2,1-4H3,(H,14,15,16)/t14-;7-/m00/s1. The van der Waals surface area contributed by atoms with Gasteiger partial charge in [-0.25, -0.2) is 28.3 Å². The Kier molecular flexibility index (Phi) is 15.8. The number of rotatable bonds is 13. The van der Waals surface area contributed by atoms with E-state index >= 15 is 0 Å². The second-order valence-corrected chi connectivity index (χ2v) is 13.3. The van der Waals surface area contributed by atoms with Gasteiger partial charge >= 0.3 is 11.9 Å². The highest BCUT2D eigenvalue weighted by molar-refractivity contribution is 7.16. The fourth-order valence-electron chi connectivity index (χ4n) is 4.11. The summed E-state index contributed by atoms with van der Waals surface area (Å²) < 4.78 is 36.0. The molecule has 0 fully saturated rings. The summed E-state index contributed by atoms with van der Waals surface area (Å²) >= 11 is 2.42. The van der Waals surface area contributed by atoms with Crippen molar-refractivity contribution in [2.45, 2.75) is 84.7 Å². The van der Waals surface area contributed by atoms with E-state index in [1.807, 2.05) is 34.6 Å². The fraction of sp³-hybridized carbons (Fsp3) is 0.469. The topological polar surface area (TPSA) is 192 Å². The number of halogens is 2. The molecule has 49 heavy (non-hydrogen) atoms. The molecule has 0 saturated heterocycles. The smallest absolute Gasteiger partial charge is 0.357 e. The molecule has 13 nitrogen and oxygen atoms in total. The number of hydrogen-bond donors (Lipinski definition) is 4. The number of methoxy groups -OCH3 is 2. The quantitative estimate of drug-likeness (QED) is 0.172. The van der Waals surface area contributed by atoms with E-state index in [4.69, 9.17) is 10.5 Å². The Morgan fingerprint density at radius 1 is 0.776 bits per heavy atom. The molecular formula is C32H42F2N6O7S2. The van der Waals surface area contributed by atoms with Crippen LogP contribution in [0.5, 0.6) is 0 Å². The number of ether oxygens (including phenoxy) is 2. The van der Waals surface area contributed by atoms with Crippen molar-refractivity contribution in [3.05, 3.63) is 56.5 Å². The van der Waals surface area contributed by atoms with Crippen molar-refractivity contribution in [2.24, 2.45) is 5.73 Å². The summed E-state index contributed by atoms with van der Waals surface area (Å²) in [5.41, 5.74) is 6.17. The number of aromatic nitrogens is 2. The van der Waals surface area contributed by atoms with Crippen molar-refractivity contribution in [1.82, 2.24) is 15.3 Å². The lowest BCUT2D eigenvalue weighted by Gasteiger charge is -2.16. The van der Waals surface area contributed by atoms with E-state index < -0.39 is 47.5 Å². The maximum Gasteiger partial charge on any atom is 0.357 e. The summed E-state index contributed by atoms with van der Waals surface area (Å²) in [6.07, 6.45) is 0.541. The number of nitrogens with two attached hydrogens (primary N) is 1. The van der Waals surface area contributed by atoms with Crippen molar-refractivity contribution >= 4 is 62.6 Å². The van der Waals surface area contributed by atoms with Crippen LogP contribution in [0.15, 0.2) is 18.2 Å². The average molecular weight is 725 g/mol. The normalized spacial score (nSPS) is 12.0. The molecule has 0 unspecified atom stereocenters. The highest BCUT2D eigenvalue weighted by Crippen LogP contribution is 2.31. The number of nitrogens with zero attached hydrogens (tertiary/aromatic N) is 2. The Labute approximate surface area is 291 Å². The molecule has 3 amide bonds. The molecule has 2 heterocycles. The Balaban J connectivity index is 0.000000377. The summed E-state index contributed by atoms with van der Waals surface area (Å²) in [4.78, 5) is 69.7. The number of hydrogen-bond acceptors (Lipinski definition) is 12. The zero-order chi connectivity index (χ0) is 37.0. The van der Waals surface area contributed by atoms with Crippen molar-refractivity contribution in [3.8, 4) is 0 Å². The first-order valence-electron chi connectivity index (χ1n) is 15.3. The van der Waals surface area contributed by atoms with E-state index in [-0.39, 0.29) is 52.7 Å². The molecule has 0 aliphatic rings. The lowest BCUT2D eigenvalue weighted by Crippen LogP contribution is -2.44. The third-order valence-corrected chi connectivity index (χ3v) is 9.24. The first kappa shape index (κ1) is 40.8. The molecule has 2 aromatic heterocycles. The maximum atomic E-state index is 13.3. The van der Waals surface area contributed by atoms with Gasteiger partial charge in [-0.1, -0.05) is 41.5 Å². The number of carbonyl (C=O) groups excluding carboxylic acids is 5. The van der Waals surface area contributed by atoms with Gasteiger partial charge in [0, 0.05) is 15.8 Å². The van der Waals surface area contributed by atoms with E-state index in [1.165, 1.54) is 25.6 Å². The van der Waals surface area contributed by atoms with Crippen LogP contribution in [0.4, 0.5) is 19.0 Å². The van der Waals surface area contributed by atoms with Crippen LogP contribution >= 0.6 is 22.7 Å². The number of nitrogens with one attached hydrogen (secondary N) is 3. The molecular weight excluding hydrogens is 683 g/mol. The van der Waals surface area contributed by atoms with Gasteiger partial charge in [-0.05, 0) is 42.4 Å². The number of amides is 3. The van der Waals surface area contributed by atoms with Crippen molar-refractivity contribution in [3.63, 3.8) is 0 Å². The van der Waals surface area contributed by atoms with Crippen LogP contribution in [0.1, 0.15) is 103 Å². The Bertz CT molecular complexity index is 1620. The van der Waals surface area contributed by atoms with E-state index in [0.29, 0.717) is 22.5 Å². The van der Waals surface area contributed by atoms with Crippen LogP contribution in [0.2, 0.25) is 0 Å². The minimum Gasteiger partial charge on any atom is -0.464 e. The summed E-state index contributed by atoms with van der Waals surface area (Å²) in [5.74, 6) is -3.92. The summed E-state index contributed by atoms with van der Waals surface area (Å²) in [7, 11) is 2.55. The molecule has 268 valence electrons. The third kappa shape index (κ3) is 11.9. The van der Waals surface area contributed by atoms with Crippen LogP contribution in [0.3, 0.4) is 0 Å².